The van der Waals surface area contributed by atoms with E-state index in [1.807, 2.05) is 11.8 Å². The zero-order valence-corrected chi connectivity index (χ0v) is 15.8. The average molecular weight is 365 g/mol. The number of carbonyl (C=O) groups excluding carboxylic acids is 2. The van der Waals surface area contributed by atoms with Gasteiger partial charge >= 0.3 is 6.09 Å². The van der Waals surface area contributed by atoms with E-state index in [9.17, 15) is 9.59 Å². The maximum atomic E-state index is 12.6. The maximum Gasteiger partial charge on any atom is 0.409 e. The Morgan fingerprint density at radius 2 is 1.77 bits per heavy atom. The molecule has 144 valence electrons. The molecule has 0 aliphatic carbocycles. The normalized spacial score (nSPS) is 15.9. The van der Waals surface area contributed by atoms with Gasteiger partial charge in [0.2, 0.25) is 5.91 Å². The van der Waals surface area contributed by atoms with Crippen LogP contribution in [0.1, 0.15) is 13.8 Å². The Labute approximate surface area is 154 Å². The summed E-state index contributed by atoms with van der Waals surface area (Å²) in [5.41, 5.74) is 0.643. The van der Waals surface area contributed by atoms with Gasteiger partial charge in [0, 0.05) is 37.9 Å². The molecule has 1 fully saturated rings. The van der Waals surface area contributed by atoms with Crippen molar-refractivity contribution in [1.29, 1.82) is 0 Å². The highest BCUT2D eigenvalue weighted by molar-refractivity contribution is 5.94. The van der Waals surface area contributed by atoms with Gasteiger partial charge < -0.3 is 24.4 Å². The number of hydrogen-bond acceptors (Lipinski definition) is 6. The van der Waals surface area contributed by atoms with Crippen LogP contribution in [0, 0.1) is 0 Å². The van der Waals surface area contributed by atoms with E-state index in [0.717, 1.165) is 0 Å². The molecule has 0 saturated carbocycles. The zero-order chi connectivity index (χ0) is 19.1. The molecule has 0 spiro atoms. The first-order chi connectivity index (χ1) is 12.5. The molecule has 2 rings (SSSR count). The van der Waals surface area contributed by atoms with E-state index in [1.54, 1.807) is 44.2 Å². The van der Waals surface area contributed by atoms with E-state index in [-0.39, 0.29) is 18.0 Å². The Balaban J connectivity index is 1.91. The molecule has 1 aliphatic rings. The van der Waals surface area contributed by atoms with Crippen molar-refractivity contribution in [2.75, 3.05) is 52.3 Å². The molecular formula is C18H27N3O5. The second-order valence-electron chi connectivity index (χ2n) is 5.96. The second-order valence-corrected chi connectivity index (χ2v) is 5.96. The van der Waals surface area contributed by atoms with Crippen LogP contribution in [-0.2, 0) is 9.53 Å². The minimum absolute atomic E-state index is 0.109. The van der Waals surface area contributed by atoms with Crippen LogP contribution >= 0.6 is 0 Å². The number of methoxy groups -OCH3 is 2. The lowest BCUT2D eigenvalue weighted by atomic mass is 10.2. The Kier molecular flexibility index (Phi) is 7.08. The standard InChI is InChI=1S/C18H27N3O5/c1-5-26-18(23)21-10-8-20(9-11-21)13(2)17(22)19-14-6-7-15(24-3)16(12-14)25-4/h6-7,12-13H,5,8-11H2,1-4H3,(H,19,22). The maximum absolute atomic E-state index is 12.6. The van der Waals surface area contributed by atoms with Gasteiger partial charge in [0.25, 0.3) is 0 Å². The van der Waals surface area contributed by atoms with Gasteiger partial charge in [0.1, 0.15) is 0 Å². The molecule has 1 aliphatic heterocycles. The van der Waals surface area contributed by atoms with Gasteiger partial charge in [0.15, 0.2) is 11.5 Å². The lowest BCUT2D eigenvalue weighted by Gasteiger charge is -2.36. The summed E-state index contributed by atoms with van der Waals surface area (Å²) in [4.78, 5) is 28.0. The van der Waals surface area contributed by atoms with Gasteiger partial charge in [-0.1, -0.05) is 0 Å². The highest BCUT2D eigenvalue weighted by atomic mass is 16.6. The lowest BCUT2D eigenvalue weighted by molar-refractivity contribution is -0.121. The predicted molar refractivity (Wildman–Crippen MR) is 97.8 cm³/mol. The van der Waals surface area contributed by atoms with Crippen LogP contribution in [0.5, 0.6) is 11.5 Å². The summed E-state index contributed by atoms with van der Waals surface area (Å²) >= 11 is 0. The van der Waals surface area contributed by atoms with E-state index >= 15 is 0 Å². The molecule has 0 aromatic heterocycles. The van der Waals surface area contributed by atoms with Crippen molar-refractivity contribution >= 4 is 17.7 Å². The third-order valence-electron chi connectivity index (χ3n) is 4.42. The Morgan fingerprint density at radius 1 is 1.12 bits per heavy atom. The Hall–Kier alpha value is -2.48. The lowest BCUT2D eigenvalue weighted by Crippen LogP contribution is -2.54. The SMILES string of the molecule is CCOC(=O)N1CCN(C(C)C(=O)Nc2ccc(OC)c(OC)c2)CC1. The summed E-state index contributed by atoms with van der Waals surface area (Å²) in [7, 11) is 3.11. The summed E-state index contributed by atoms with van der Waals surface area (Å²) < 4.78 is 15.5. The largest absolute Gasteiger partial charge is 0.493 e. The number of rotatable bonds is 6. The molecule has 0 radical (unpaired) electrons. The first-order valence-electron chi connectivity index (χ1n) is 8.68. The number of piperazine rings is 1. The van der Waals surface area contributed by atoms with Gasteiger partial charge in [-0.3, -0.25) is 9.69 Å². The number of hydrogen-bond donors (Lipinski definition) is 1. The van der Waals surface area contributed by atoms with Crippen LogP contribution in [0.2, 0.25) is 0 Å². The van der Waals surface area contributed by atoms with Crippen molar-refractivity contribution in [2.24, 2.45) is 0 Å². The first-order valence-corrected chi connectivity index (χ1v) is 8.68. The molecule has 8 heteroatoms. The molecule has 1 heterocycles. The fraction of sp³-hybridized carbons (Fsp3) is 0.556. The quantitative estimate of drug-likeness (QED) is 0.828. The number of benzene rings is 1. The van der Waals surface area contributed by atoms with Crippen LogP contribution in [0.15, 0.2) is 18.2 Å². The fourth-order valence-corrected chi connectivity index (χ4v) is 2.83. The van der Waals surface area contributed by atoms with Crippen LogP contribution < -0.4 is 14.8 Å². The number of carbonyl (C=O) groups is 2. The van der Waals surface area contributed by atoms with Gasteiger partial charge in [-0.15, -0.1) is 0 Å². The third kappa shape index (κ3) is 4.78. The van der Waals surface area contributed by atoms with Crippen LogP contribution in [0.4, 0.5) is 10.5 Å². The smallest absolute Gasteiger partial charge is 0.409 e. The third-order valence-corrected chi connectivity index (χ3v) is 4.42. The van der Waals surface area contributed by atoms with Gasteiger partial charge in [0.05, 0.1) is 26.9 Å². The summed E-state index contributed by atoms with van der Waals surface area (Å²) in [5.74, 6) is 1.05. The van der Waals surface area contributed by atoms with Gasteiger partial charge in [-0.05, 0) is 26.0 Å². The highest BCUT2D eigenvalue weighted by Gasteiger charge is 2.28. The van der Waals surface area contributed by atoms with Crippen molar-refractivity contribution in [3.8, 4) is 11.5 Å². The first kappa shape index (κ1) is 19.8. The van der Waals surface area contributed by atoms with Crippen molar-refractivity contribution in [1.82, 2.24) is 9.80 Å². The zero-order valence-electron chi connectivity index (χ0n) is 15.8. The van der Waals surface area contributed by atoms with Crippen molar-refractivity contribution in [3.63, 3.8) is 0 Å². The number of anilines is 1. The predicted octanol–water partition coefficient (Wildman–Crippen LogP) is 1.80. The van der Waals surface area contributed by atoms with Crippen molar-refractivity contribution < 1.29 is 23.8 Å². The summed E-state index contributed by atoms with van der Waals surface area (Å²) in [6.07, 6.45) is -0.297. The molecular weight excluding hydrogens is 338 g/mol. The molecule has 1 unspecified atom stereocenters. The topological polar surface area (TPSA) is 80.3 Å². The monoisotopic (exact) mass is 365 g/mol. The number of ether oxygens (including phenoxy) is 3. The molecule has 2 amide bonds. The molecule has 1 N–H and O–H groups in total. The molecule has 1 atom stereocenters. The van der Waals surface area contributed by atoms with E-state index in [1.165, 1.54) is 0 Å². The molecule has 1 aromatic rings. The summed E-state index contributed by atoms with van der Waals surface area (Å²) in [6.45, 7) is 6.35. The van der Waals surface area contributed by atoms with Crippen LogP contribution in [0.3, 0.4) is 0 Å². The Morgan fingerprint density at radius 3 is 2.35 bits per heavy atom. The van der Waals surface area contributed by atoms with E-state index < -0.39 is 0 Å². The van der Waals surface area contributed by atoms with Crippen molar-refractivity contribution in [2.45, 2.75) is 19.9 Å². The average Bonchev–Trinajstić information content (AvgIpc) is 2.67. The van der Waals surface area contributed by atoms with Gasteiger partial charge in [-0.2, -0.15) is 0 Å². The molecule has 1 saturated heterocycles. The molecule has 8 nitrogen and oxygen atoms in total. The van der Waals surface area contributed by atoms with E-state index in [4.69, 9.17) is 14.2 Å². The summed E-state index contributed by atoms with van der Waals surface area (Å²) in [5, 5.41) is 2.90. The number of amides is 2. The van der Waals surface area contributed by atoms with E-state index in [0.29, 0.717) is 50.0 Å². The number of nitrogens with zero attached hydrogens (tertiary/aromatic N) is 2. The molecule has 0 bridgehead atoms. The van der Waals surface area contributed by atoms with Crippen molar-refractivity contribution in [3.05, 3.63) is 18.2 Å². The molecule has 1 aromatic carbocycles. The highest BCUT2D eigenvalue weighted by Crippen LogP contribution is 2.29. The van der Waals surface area contributed by atoms with Crippen LogP contribution in [-0.4, -0.2) is 74.8 Å². The second kappa shape index (κ2) is 9.28. The number of nitrogens with one attached hydrogen (secondary N) is 1. The minimum Gasteiger partial charge on any atom is -0.493 e. The fourth-order valence-electron chi connectivity index (χ4n) is 2.83. The minimum atomic E-state index is -0.313. The van der Waals surface area contributed by atoms with Gasteiger partial charge in [-0.25, -0.2) is 4.79 Å². The molecule has 26 heavy (non-hydrogen) atoms. The summed E-state index contributed by atoms with van der Waals surface area (Å²) in [6, 6.07) is 4.93. The Bertz CT molecular complexity index is 629. The van der Waals surface area contributed by atoms with E-state index in [2.05, 4.69) is 5.32 Å². The van der Waals surface area contributed by atoms with Crippen LogP contribution in [0.25, 0.3) is 0 Å².